The van der Waals surface area contributed by atoms with Gasteiger partial charge in [-0.3, -0.25) is 28.8 Å². The zero-order valence-electron chi connectivity index (χ0n) is 42.6. The Labute approximate surface area is 404 Å². The summed E-state index contributed by atoms with van der Waals surface area (Å²) in [5, 5.41) is 2.86. The molecule has 0 saturated heterocycles. The van der Waals surface area contributed by atoms with Crippen LogP contribution in [0.1, 0.15) is 194 Å². The number of hydrogen-bond donors (Lipinski definition) is 1. The van der Waals surface area contributed by atoms with Crippen molar-refractivity contribution in [2.24, 2.45) is 11.8 Å². The third kappa shape index (κ3) is 41.9. The number of esters is 5. The molecule has 0 aliphatic carbocycles. The van der Waals surface area contributed by atoms with Crippen LogP contribution in [0.5, 0.6) is 0 Å². The van der Waals surface area contributed by atoms with Crippen LogP contribution in [0.25, 0.3) is 0 Å². The second-order valence-corrected chi connectivity index (χ2v) is 18.0. The Morgan fingerprint density at radius 1 is 0.448 bits per heavy atom. The minimum absolute atomic E-state index is 0.0151. The summed E-state index contributed by atoms with van der Waals surface area (Å²) in [6.45, 7) is 7.08. The second kappa shape index (κ2) is 45.8. The van der Waals surface area contributed by atoms with E-state index in [9.17, 15) is 33.6 Å². The molecule has 0 aliphatic rings. The molecule has 0 aromatic rings. The monoisotopic (exact) mass is 956 g/mol. The fraction of sp³-hybridized carbons (Fsp3) is 0.863. The van der Waals surface area contributed by atoms with Crippen molar-refractivity contribution < 1.29 is 62.0 Å². The Morgan fingerprint density at radius 3 is 1.16 bits per heavy atom. The summed E-state index contributed by atoms with van der Waals surface area (Å²) in [7, 11) is 3.86. The van der Waals surface area contributed by atoms with Crippen molar-refractivity contribution in [1.82, 2.24) is 15.1 Å². The molecule has 0 heterocycles. The van der Waals surface area contributed by atoms with Crippen molar-refractivity contribution in [2.45, 2.75) is 194 Å². The summed E-state index contributed by atoms with van der Waals surface area (Å²) in [4.78, 5) is 91.1. The van der Waals surface area contributed by atoms with Crippen LogP contribution in [0, 0.1) is 11.8 Å². The van der Waals surface area contributed by atoms with Crippen molar-refractivity contribution in [1.29, 1.82) is 0 Å². The molecule has 0 radical (unpaired) electrons. The summed E-state index contributed by atoms with van der Waals surface area (Å²) in [6, 6.07) is -0.436. The summed E-state index contributed by atoms with van der Waals surface area (Å²) < 4.78 is 32.3. The van der Waals surface area contributed by atoms with E-state index in [1.54, 1.807) is 0 Å². The topological polar surface area (TPSA) is 193 Å². The van der Waals surface area contributed by atoms with Gasteiger partial charge in [-0.2, -0.15) is 0 Å². The van der Waals surface area contributed by atoms with E-state index >= 15 is 0 Å². The Balaban J connectivity index is 5.31. The van der Waals surface area contributed by atoms with Crippen molar-refractivity contribution in [3.8, 4) is 0 Å². The van der Waals surface area contributed by atoms with E-state index in [2.05, 4.69) is 26.1 Å². The number of nitrogens with zero attached hydrogens (tertiary/aromatic N) is 2. The van der Waals surface area contributed by atoms with Crippen LogP contribution in [0.2, 0.25) is 0 Å². The number of urea groups is 1. The molecule has 0 saturated carbocycles. The standard InChI is InChI=1S/C51H93N3O13/c1-6-9-12-15-18-21-24-28-46(56)65-40-44(39-62-43-55)37-49(59)63-35-33-54(51(61)52-31-27-32-53(4)5)34-36-64-50(60)38-45(41-66-47(57)29-25-22-19-16-13-10-7-2)42-67-48(58)30-26-23-20-17-14-11-8-3/h43-45H,6-42H2,1-5H3,(H,52,61). The first-order valence-electron chi connectivity index (χ1n) is 26.0. The molecule has 67 heavy (non-hydrogen) atoms. The highest BCUT2D eigenvalue weighted by molar-refractivity contribution is 5.75. The molecule has 1 N–H and O–H groups in total. The Bertz CT molecular complexity index is 1250. The molecule has 16 nitrogen and oxygen atoms in total. The first-order valence-corrected chi connectivity index (χ1v) is 26.0. The first-order chi connectivity index (χ1) is 32.4. The fourth-order valence-electron chi connectivity index (χ4n) is 7.18. The number of carbonyl (C=O) groups is 7. The quantitative estimate of drug-likeness (QED) is 0.0262. The molecule has 0 spiro atoms. The lowest BCUT2D eigenvalue weighted by molar-refractivity contribution is -0.155. The van der Waals surface area contributed by atoms with Gasteiger partial charge in [0.25, 0.3) is 6.47 Å². The predicted molar refractivity (Wildman–Crippen MR) is 259 cm³/mol. The van der Waals surface area contributed by atoms with Crippen LogP contribution in [-0.4, -0.2) is 132 Å². The van der Waals surface area contributed by atoms with Crippen molar-refractivity contribution >= 4 is 42.3 Å². The lowest BCUT2D eigenvalue weighted by Gasteiger charge is -2.24. The van der Waals surface area contributed by atoms with Crippen molar-refractivity contribution in [3.05, 3.63) is 0 Å². The van der Waals surface area contributed by atoms with Gasteiger partial charge in [0.15, 0.2) is 0 Å². The van der Waals surface area contributed by atoms with Gasteiger partial charge < -0.3 is 43.5 Å². The van der Waals surface area contributed by atoms with Crippen molar-refractivity contribution in [3.63, 3.8) is 0 Å². The van der Waals surface area contributed by atoms with Crippen LogP contribution in [0.3, 0.4) is 0 Å². The van der Waals surface area contributed by atoms with E-state index in [-0.39, 0.29) is 109 Å². The Kier molecular flexibility index (Phi) is 43.1. The zero-order valence-corrected chi connectivity index (χ0v) is 42.6. The molecule has 390 valence electrons. The maximum atomic E-state index is 13.2. The number of rotatable bonds is 47. The molecule has 1 unspecified atom stereocenters. The SMILES string of the molecule is CCCCCCCCCC(=O)OCC(COC=O)CC(=O)OCCN(CCOC(=O)CC(COC(=O)CCCCCCCCC)COC(=O)CCCCCCCCC)C(=O)NCCCN(C)C. The molecule has 16 heteroatoms. The van der Waals surface area contributed by atoms with E-state index in [0.717, 1.165) is 83.6 Å². The second-order valence-electron chi connectivity index (χ2n) is 18.0. The van der Waals surface area contributed by atoms with E-state index in [1.807, 2.05) is 19.0 Å². The van der Waals surface area contributed by atoms with E-state index in [4.69, 9.17) is 28.4 Å². The van der Waals surface area contributed by atoms with Gasteiger partial charge in [0.05, 0.1) is 52.4 Å². The largest absolute Gasteiger partial charge is 0.467 e. The van der Waals surface area contributed by atoms with Gasteiger partial charge >= 0.3 is 35.9 Å². The normalized spacial score (nSPS) is 11.5. The van der Waals surface area contributed by atoms with Crippen molar-refractivity contribution in [2.75, 3.05) is 79.9 Å². The predicted octanol–water partition coefficient (Wildman–Crippen LogP) is 9.27. The lowest BCUT2D eigenvalue weighted by Crippen LogP contribution is -2.44. The molecule has 0 bridgehead atoms. The Morgan fingerprint density at radius 2 is 0.806 bits per heavy atom. The number of unbranched alkanes of at least 4 members (excludes halogenated alkanes) is 18. The third-order valence-electron chi connectivity index (χ3n) is 11.3. The van der Waals surface area contributed by atoms with Gasteiger partial charge in [0.2, 0.25) is 0 Å². The first kappa shape index (κ1) is 63.0. The molecular formula is C51H93N3O13. The highest BCUT2D eigenvalue weighted by Gasteiger charge is 2.22. The van der Waals surface area contributed by atoms with Gasteiger partial charge in [0, 0.05) is 37.6 Å². The molecule has 0 aromatic heterocycles. The average Bonchev–Trinajstić information content (AvgIpc) is 3.30. The fourth-order valence-corrected chi connectivity index (χ4v) is 7.18. The highest BCUT2D eigenvalue weighted by atomic mass is 16.6. The van der Waals surface area contributed by atoms with Gasteiger partial charge in [-0.05, 0) is 46.3 Å². The van der Waals surface area contributed by atoms with E-state index < -0.39 is 29.8 Å². The van der Waals surface area contributed by atoms with Gasteiger partial charge in [-0.25, -0.2) is 4.79 Å². The maximum absolute atomic E-state index is 13.2. The van der Waals surface area contributed by atoms with Crippen LogP contribution in [-0.2, 0) is 57.2 Å². The molecular weight excluding hydrogens is 863 g/mol. The van der Waals surface area contributed by atoms with Gasteiger partial charge in [-0.1, -0.05) is 136 Å². The minimum Gasteiger partial charge on any atom is -0.467 e. The van der Waals surface area contributed by atoms with Crippen LogP contribution in [0.15, 0.2) is 0 Å². The average molecular weight is 956 g/mol. The molecule has 0 rings (SSSR count). The smallest absolute Gasteiger partial charge is 0.317 e. The van der Waals surface area contributed by atoms with Crippen LogP contribution >= 0.6 is 0 Å². The van der Waals surface area contributed by atoms with Crippen LogP contribution < -0.4 is 5.32 Å². The van der Waals surface area contributed by atoms with Gasteiger partial charge in [0.1, 0.15) is 13.2 Å². The summed E-state index contributed by atoms with van der Waals surface area (Å²) >= 11 is 0. The number of carbonyl (C=O) groups excluding carboxylic acids is 7. The molecule has 2 amide bonds. The highest BCUT2D eigenvalue weighted by Crippen LogP contribution is 2.15. The molecule has 0 fully saturated rings. The lowest BCUT2D eigenvalue weighted by atomic mass is 10.1. The van der Waals surface area contributed by atoms with E-state index in [0.29, 0.717) is 13.0 Å². The third-order valence-corrected chi connectivity index (χ3v) is 11.3. The van der Waals surface area contributed by atoms with E-state index in [1.165, 1.54) is 62.7 Å². The summed E-state index contributed by atoms with van der Waals surface area (Å²) in [5.41, 5.74) is 0. The number of amides is 2. The molecule has 1 atom stereocenters. The molecule has 0 aliphatic heterocycles. The Hall–Kier alpha value is -3.95. The summed E-state index contributed by atoms with van der Waals surface area (Å²) in [5.74, 6) is -3.58. The number of nitrogens with one attached hydrogen (secondary N) is 1. The van der Waals surface area contributed by atoms with Crippen LogP contribution in [0.4, 0.5) is 4.79 Å². The van der Waals surface area contributed by atoms with Gasteiger partial charge in [-0.15, -0.1) is 0 Å². The number of ether oxygens (including phenoxy) is 6. The summed E-state index contributed by atoms with van der Waals surface area (Å²) in [6.07, 6.45) is 23.5. The molecule has 0 aromatic carbocycles. The zero-order chi connectivity index (χ0) is 49.6. The maximum Gasteiger partial charge on any atom is 0.317 e. The minimum atomic E-state index is -0.627. The number of hydrogen-bond acceptors (Lipinski definition) is 14.